The molecule has 0 N–H and O–H groups in total. The summed E-state index contributed by atoms with van der Waals surface area (Å²) < 4.78 is 17.4. The summed E-state index contributed by atoms with van der Waals surface area (Å²) in [5.74, 6) is -0.613. The number of carbonyl (C=O) groups excluding carboxylic acids is 2. The van der Waals surface area contributed by atoms with Gasteiger partial charge >= 0.3 is 5.97 Å². The van der Waals surface area contributed by atoms with Gasteiger partial charge in [-0.2, -0.15) is 0 Å². The van der Waals surface area contributed by atoms with Crippen molar-refractivity contribution in [2.75, 3.05) is 19.1 Å². The Kier molecular flexibility index (Phi) is 5.51. The first-order chi connectivity index (χ1) is 9.27. The predicted molar refractivity (Wildman–Crippen MR) is 81.8 cm³/mol. The van der Waals surface area contributed by atoms with E-state index < -0.39 is 15.5 Å². The Balaban J connectivity index is 3.24. The number of esters is 1. The fourth-order valence-corrected chi connectivity index (χ4v) is 2.88. The summed E-state index contributed by atoms with van der Waals surface area (Å²) >= 11 is 0. The Hall–Kier alpha value is -1.62. The SMILES string of the molecule is CCCOC(=O)C(c1ccc(C(C)=O)cc1)=S(C)(C)=O. The molecule has 20 heavy (non-hydrogen) atoms. The van der Waals surface area contributed by atoms with Crippen molar-refractivity contribution in [3.8, 4) is 0 Å². The van der Waals surface area contributed by atoms with Crippen LogP contribution in [0.15, 0.2) is 24.3 Å². The Morgan fingerprint density at radius 1 is 1.10 bits per heavy atom. The highest BCUT2D eigenvalue weighted by Gasteiger charge is 2.19. The molecule has 0 saturated carbocycles. The quantitative estimate of drug-likeness (QED) is 0.473. The van der Waals surface area contributed by atoms with E-state index in [1.165, 1.54) is 19.4 Å². The number of ketones is 1. The van der Waals surface area contributed by atoms with E-state index in [9.17, 15) is 13.8 Å². The van der Waals surface area contributed by atoms with Crippen molar-refractivity contribution in [3.05, 3.63) is 35.4 Å². The van der Waals surface area contributed by atoms with Crippen LogP contribution in [-0.4, -0.2) is 39.9 Å². The molecule has 0 bridgehead atoms. The second kappa shape index (κ2) is 6.70. The molecule has 0 amide bonds. The average molecular weight is 296 g/mol. The zero-order chi connectivity index (χ0) is 15.3. The second-order valence-corrected chi connectivity index (χ2v) is 7.71. The van der Waals surface area contributed by atoms with Crippen LogP contribution in [0.25, 0.3) is 0 Å². The minimum absolute atomic E-state index is 0.0552. The van der Waals surface area contributed by atoms with E-state index in [4.69, 9.17) is 4.74 Å². The number of carbonyl (C=O) groups is 2. The molecule has 110 valence electrons. The van der Waals surface area contributed by atoms with Crippen LogP contribution < -0.4 is 0 Å². The molecule has 0 saturated heterocycles. The first-order valence-electron chi connectivity index (χ1n) is 6.37. The zero-order valence-electron chi connectivity index (χ0n) is 12.3. The topological polar surface area (TPSA) is 60.4 Å². The van der Waals surface area contributed by atoms with Crippen molar-refractivity contribution in [1.82, 2.24) is 0 Å². The van der Waals surface area contributed by atoms with Gasteiger partial charge in [0.15, 0.2) is 5.78 Å². The van der Waals surface area contributed by atoms with Crippen molar-refractivity contribution in [2.45, 2.75) is 20.3 Å². The third-order valence-electron chi connectivity index (χ3n) is 2.67. The lowest BCUT2D eigenvalue weighted by atomic mass is 10.1. The molecule has 0 atom stereocenters. The highest BCUT2D eigenvalue weighted by molar-refractivity contribution is 8.02. The van der Waals surface area contributed by atoms with Gasteiger partial charge in [0.25, 0.3) is 0 Å². The lowest BCUT2D eigenvalue weighted by Gasteiger charge is -2.11. The standard InChI is InChI=1S/C15H20O4S/c1-5-10-19-15(17)14(20(3,4)18)13-8-6-12(7-9-13)11(2)16/h6-9H,5,10H2,1-4H3. The molecule has 0 heterocycles. The average Bonchev–Trinajstić information content (AvgIpc) is 2.35. The molecule has 4 nitrogen and oxygen atoms in total. The molecule has 5 heteroatoms. The Morgan fingerprint density at radius 3 is 2.00 bits per heavy atom. The van der Waals surface area contributed by atoms with Crippen LogP contribution in [0.3, 0.4) is 0 Å². The summed E-state index contributed by atoms with van der Waals surface area (Å²) in [4.78, 5) is 23.5. The third kappa shape index (κ3) is 4.20. The van der Waals surface area contributed by atoms with Crippen molar-refractivity contribution < 1.29 is 18.5 Å². The molecule has 0 fully saturated rings. The van der Waals surface area contributed by atoms with Gasteiger partial charge in [-0.3, -0.25) is 9.00 Å². The normalized spacial score (nSPS) is 11.0. The van der Waals surface area contributed by atoms with Crippen LogP contribution in [0.5, 0.6) is 0 Å². The van der Waals surface area contributed by atoms with E-state index in [2.05, 4.69) is 0 Å². The number of benzene rings is 1. The van der Waals surface area contributed by atoms with Crippen molar-refractivity contribution >= 4 is 26.1 Å². The van der Waals surface area contributed by atoms with Crippen molar-refractivity contribution in [1.29, 1.82) is 0 Å². The third-order valence-corrected chi connectivity index (χ3v) is 4.05. The summed E-state index contributed by atoms with van der Waals surface area (Å²) in [6.45, 7) is 3.66. The Labute approximate surface area is 120 Å². The second-order valence-electron chi connectivity index (χ2n) is 4.83. The van der Waals surface area contributed by atoms with Gasteiger partial charge in [0.1, 0.15) is 4.86 Å². The van der Waals surface area contributed by atoms with Crippen molar-refractivity contribution in [2.24, 2.45) is 0 Å². The van der Waals surface area contributed by atoms with E-state index >= 15 is 0 Å². The van der Waals surface area contributed by atoms with Crippen LogP contribution in [-0.2, 0) is 19.1 Å². The maximum Gasteiger partial charge on any atom is 0.346 e. The summed E-state index contributed by atoms with van der Waals surface area (Å²) in [6, 6.07) is 6.50. The molecule has 1 rings (SSSR count). The fourth-order valence-electron chi connectivity index (χ4n) is 1.72. The van der Waals surface area contributed by atoms with Gasteiger partial charge < -0.3 is 4.74 Å². The van der Waals surface area contributed by atoms with E-state index in [-0.39, 0.29) is 10.6 Å². The molecule has 1 aromatic rings. The lowest BCUT2D eigenvalue weighted by molar-refractivity contribution is -0.135. The highest BCUT2D eigenvalue weighted by atomic mass is 32.2. The Morgan fingerprint density at radius 2 is 1.60 bits per heavy atom. The van der Waals surface area contributed by atoms with Gasteiger partial charge in [-0.05, 0) is 28.4 Å². The lowest BCUT2D eigenvalue weighted by Crippen LogP contribution is -2.26. The molecular weight excluding hydrogens is 276 g/mol. The molecule has 0 spiro atoms. The maximum absolute atomic E-state index is 12.3. The Bertz CT molecular complexity index is 612. The van der Waals surface area contributed by atoms with Crippen LogP contribution in [0.2, 0.25) is 0 Å². The fraction of sp³-hybridized carbons (Fsp3) is 0.400. The summed E-state index contributed by atoms with van der Waals surface area (Å²) in [6.07, 6.45) is 3.72. The molecule has 0 aliphatic carbocycles. The number of hydrogen-bond donors (Lipinski definition) is 0. The maximum atomic E-state index is 12.3. The van der Waals surface area contributed by atoms with E-state index in [0.29, 0.717) is 24.2 Å². The van der Waals surface area contributed by atoms with Gasteiger partial charge in [0.05, 0.1) is 6.61 Å². The molecule has 1 aromatic carbocycles. The molecule has 0 aliphatic heterocycles. The summed E-state index contributed by atoms with van der Waals surface area (Å²) in [5, 5.41) is 0. The predicted octanol–water partition coefficient (Wildman–Crippen LogP) is 1.91. The van der Waals surface area contributed by atoms with E-state index in [1.807, 2.05) is 6.92 Å². The van der Waals surface area contributed by atoms with Gasteiger partial charge in [0.2, 0.25) is 0 Å². The first-order valence-corrected chi connectivity index (χ1v) is 8.74. The van der Waals surface area contributed by atoms with E-state index in [0.717, 1.165) is 0 Å². The van der Waals surface area contributed by atoms with Gasteiger partial charge in [-0.1, -0.05) is 31.2 Å². The summed E-state index contributed by atoms with van der Waals surface area (Å²) in [7, 11) is -2.47. The zero-order valence-corrected chi connectivity index (χ0v) is 13.1. The largest absolute Gasteiger partial charge is 0.462 e. The van der Waals surface area contributed by atoms with Crippen LogP contribution in [0, 0.1) is 0 Å². The van der Waals surface area contributed by atoms with Crippen molar-refractivity contribution in [3.63, 3.8) is 0 Å². The minimum Gasteiger partial charge on any atom is -0.462 e. The number of rotatable bonds is 5. The van der Waals surface area contributed by atoms with Gasteiger partial charge in [-0.25, -0.2) is 4.79 Å². The highest BCUT2D eigenvalue weighted by Crippen LogP contribution is 2.10. The number of hydrogen-bond acceptors (Lipinski definition) is 4. The molecule has 0 aliphatic rings. The minimum atomic E-state index is -2.47. The van der Waals surface area contributed by atoms with Crippen LogP contribution >= 0.6 is 0 Å². The molecule has 0 unspecified atom stereocenters. The molecule has 0 aromatic heterocycles. The van der Waals surface area contributed by atoms with Crippen LogP contribution in [0.4, 0.5) is 0 Å². The van der Waals surface area contributed by atoms with Gasteiger partial charge in [-0.15, -0.1) is 0 Å². The summed E-state index contributed by atoms with van der Waals surface area (Å²) in [5.41, 5.74) is 1.08. The smallest absolute Gasteiger partial charge is 0.346 e. The monoisotopic (exact) mass is 296 g/mol. The number of Topliss-reactive ketones (excluding diaryl/α,β-unsaturated/α-hetero) is 1. The van der Waals surface area contributed by atoms with E-state index in [1.54, 1.807) is 24.3 Å². The molecular formula is C15H20O4S. The van der Waals surface area contributed by atoms with Gasteiger partial charge in [0, 0.05) is 18.1 Å². The van der Waals surface area contributed by atoms with Crippen LogP contribution in [0.1, 0.15) is 36.2 Å². The molecule has 0 radical (unpaired) electrons. The first kappa shape index (κ1) is 16.4. The number of ether oxygens (including phenoxy) is 1.